The number of unbranched alkanes of at least 4 members (excludes halogenated alkanes) is 2. The Morgan fingerprint density at radius 2 is 1.62 bits per heavy atom. The Hall–Kier alpha value is -0.0400. The molecular formula is C12H26O. The van der Waals surface area contributed by atoms with Gasteiger partial charge in [0.25, 0.3) is 0 Å². The minimum Gasteiger partial charge on any atom is -0.393 e. The maximum absolute atomic E-state index is 9.75. The summed E-state index contributed by atoms with van der Waals surface area (Å²) in [4.78, 5) is 0. The molecule has 0 aliphatic carbocycles. The molecule has 80 valence electrons. The minimum atomic E-state index is -0.0585. The zero-order valence-electron chi connectivity index (χ0n) is 9.55. The lowest BCUT2D eigenvalue weighted by Crippen LogP contribution is -2.19. The van der Waals surface area contributed by atoms with Crippen molar-refractivity contribution in [2.75, 3.05) is 0 Å². The Morgan fingerprint density at radius 1 is 0.923 bits per heavy atom. The first-order chi connectivity index (χ1) is 6.26. The molecule has 0 fully saturated rings. The summed E-state index contributed by atoms with van der Waals surface area (Å²) < 4.78 is 0. The topological polar surface area (TPSA) is 20.2 Å². The van der Waals surface area contributed by atoms with E-state index in [0.29, 0.717) is 5.92 Å². The van der Waals surface area contributed by atoms with Crippen molar-refractivity contribution < 1.29 is 5.11 Å². The van der Waals surface area contributed by atoms with E-state index in [9.17, 15) is 5.11 Å². The standard InChI is InChI=1S/C12H26O/c1-4-7-8-10-11(9-5-2)12(13)6-3/h11-13H,4-10H2,1-3H3. The van der Waals surface area contributed by atoms with Crippen molar-refractivity contribution >= 4 is 0 Å². The van der Waals surface area contributed by atoms with Crippen LogP contribution in [0.1, 0.15) is 65.7 Å². The van der Waals surface area contributed by atoms with Crippen LogP contribution in [-0.2, 0) is 0 Å². The Labute approximate surface area is 83.5 Å². The quantitative estimate of drug-likeness (QED) is 0.572. The van der Waals surface area contributed by atoms with Crippen LogP contribution in [0.15, 0.2) is 0 Å². The first-order valence-corrected chi connectivity index (χ1v) is 5.94. The molecule has 0 bridgehead atoms. The van der Waals surface area contributed by atoms with Crippen molar-refractivity contribution in [1.29, 1.82) is 0 Å². The van der Waals surface area contributed by atoms with Gasteiger partial charge in [-0.25, -0.2) is 0 Å². The van der Waals surface area contributed by atoms with Crippen LogP contribution in [-0.4, -0.2) is 11.2 Å². The molecule has 0 rings (SSSR count). The van der Waals surface area contributed by atoms with Gasteiger partial charge in [-0.2, -0.15) is 0 Å². The molecule has 0 radical (unpaired) electrons. The molecule has 1 nitrogen and oxygen atoms in total. The van der Waals surface area contributed by atoms with Crippen LogP contribution < -0.4 is 0 Å². The Bertz CT molecular complexity index is 101. The van der Waals surface area contributed by atoms with Crippen LogP contribution in [0.3, 0.4) is 0 Å². The average molecular weight is 186 g/mol. The lowest BCUT2D eigenvalue weighted by atomic mass is 9.90. The molecule has 0 spiro atoms. The smallest absolute Gasteiger partial charge is 0.0565 e. The Kier molecular flexibility index (Phi) is 8.53. The molecule has 1 heteroatoms. The third-order valence-corrected chi connectivity index (χ3v) is 2.80. The summed E-state index contributed by atoms with van der Waals surface area (Å²) in [5.41, 5.74) is 0. The molecule has 0 heterocycles. The fraction of sp³-hybridized carbons (Fsp3) is 1.00. The number of aliphatic hydroxyl groups is 1. The second kappa shape index (κ2) is 8.55. The summed E-state index contributed by atoms with van der Waals surface area (Å²) in [6.07, 6.45) is 8.35. The van der Waals surface area contributed by atoms with Crippen molar-refractivity contribution in [2.24, 2.45) is 5.92 Å². The van der Waals surface area contributed by atoms with Crippen LogP contribution in [0.4, 0.5) is 0 Å². The van der Waals surface area contributed by atoms with Crippen LogP contribution in [0.5, 0.6) is 0 Å². The molecule has 0 aromatic heterocycles. The van der Waals surface area contributed by atoms with Gasteiger partial charge in [0, 0.05) is 0 Å². The minimum absolute atomic E-state index is 0.0585. The highest BCUT2D eigenvalue weighted by Gasteiger charge is 2.15. The van der Waals surface area contributed by atoms with Crippen LogP contribution in [0, 0.1) is 5.92 Å². The summed E-state index contributed by atoms with van der Waals surface area (Å²) in [6, 6.07) is 0. The molecule has 0 aromatic rings. The molecule has 0 aromatic carbocycles. The lowest BCUT2D eigenvalue weighted by Gasteiger charge is -2.21. The van der Waals surface area contributed by atoms with Crippen molar-refractivity contribution in [3.8, 4) is 0 Å². The second-order valence-corrected chi connectivity index (χ2v) is 4.02. The van der Waals surface area contributed by atoms with Gasteiger partial charge in [0.15, 0.2) is 0 Å². The van der Waals surface area contributed by atoms with E-state index in [1.807, 2.05) is 0 Å². The predicted molar refractivity (Wildman–Crippen MR) is 58.8 cm³/mol. The van der Waals surface area contributed by atoms with Gasteiger partial charge >= 0.3 is 0 Å². The van der Waals surface area contributed by atoms with Gasteiger partial charge in [-0.3, -0.25) is 0 Å². The first-order valence-electron chi connectivity index (χ1n) is 5.94. The van der Waals surface area contributed by atoms with E-state index in [1.165, 1.54) is 38.5 Å². The van der Waals surface area contributed by atoms with Gasteiger partial charge in [-0.15, -0.1) is 0 Å². The van der Waals surface area contributed by atoms with E-state index < -0.39 is 0 Å². The van der Waals surface area contributed by atoms with Crippen molar-refractivity contribution in [1.82, 2.24) is 0 Å². The highest BCUT2D eigenvalue weighted by Crippen LogP contribution is 2.21. The zero-order chi connectivity index (χ0) is 10.1. The fourth-order valence-electron chi connectivity index (χ4n) is 1.89. The van der Waals surface area contributed by atoms with Crippen LogP contribution in [0.25, 0.3) is 0 Å². The normalized spacial score (nSPS) is 15.7. The summed E-state index contributed by atoms with van der Waals surface area (Å²) in [7, 11) is 0. The monoisotopic (exact) mass is 186 g/mol. The van der Waals surface area contributed by atoms with E-state index in [4.69, 9.17) is 0 Å². The van der Waals surface area contributed by atoms with E-state index in [1.54, 1.807) is 0 Å². The van der Waals surface area contributed by atoms with Gasteiger partial charge in [0.1, 0.15) is 0 Å². The molecule has 1 N–H and O–H groups in total. The van der Waals surface area contributed by atoms with Crippen molar-refractivity contribution in [3.63, 3.8) is 0 Å². The maximum Gasteiger partial charge on any atom is 0.0565 e. The van der Waals surface area contributed by atoms with E-state index in [0.717, 1.165) is 6.42 Å². The molecule has 2 atom stereocenters. The second-order valence-electron chi connectivity index (χ2n) is 4.02. The van der Waals surface area contributed by atoms with E-state index >= 15 is 0 Å². The third kappa shape index (κ3) is 6.09. The summed E-state index contributed by atoms with van der Waals surface area (Å²) in [6.45, 7) is 6.51. The highest BCUT2D eigenvalue weighted by atomic mass is 16.3. The molecule has 0 aliphatic heterocycles. The number of rotatable bonds is 8. The Balaban J connectivity index is 3.65. The third-order valence-electron chi connectivity index (χ3n) is 2.80. The molecule has 2 unspecified atom stereocenters. The van der Waals surface area contributed by atoms with Crippen LogP contribution >= 0.6 is 0 Å². The number of hydrogen-bond acceptors (Lipinski definition) is 1. The largest absolute Gasteiger partial charge is 0.393 e. The first kappa shape index (κ1) is 13.0. The zero-order valence-corrected chi connectivity index (χ0v) is 9.55. The lowest BCUT2D eigenvalue weighted by molar-refractivity contribution is 0.0914. The summed E-state index contributed by atoms with van der Waals surface area (Å²) in [5, 5.41) is 9.75. The van der Waals surface area contributed by atoms with E-state index in [-0.39, 0.29) is 6.10 Å². The Morgan fingerprint density at radius 3 is 2.08 bits per heavy atom. The van der Waals surface area contributed by atoms with Gasteiger partial charge in [0.2, 0.25) is 0 Å². The molecule has 0 saturated heterocycles. The predicted octanol–water partition coefficient (Wildman–Crippen LogP) is 3.75. The number of hydrogen-bond donors (Lipinski definition) is 1. The SMILES string of the molecule is CCCCCC(CCC)C(O)CC. The highest BCUT2D eigenvalue weighted by molar-refractivity contribution is 4.67. The maximum atomic E-state index is 9.75. The molecular weight excluding hydrogens is 160 g/mol. The fourth-order valence-corrected chi connectivity index (χ4v) is 1.89. The molecule has 13 heavy (non-hydrogen) atoms. The average Bonchev–Trinajstić information content (AvgIpc) is 2.16. The van der Waals surface area contributed by atoms with Gasteiger partial charge in [0.05, 0.1) is 6.10 Å². The molecule has 0 aliphatic rings. The van der Waals surface area contributed by atoms with Gasteiger partial charge in [-0.1, -0.05) is 46.5 Å². The number of aliphatic hydroxyl groups excluding tert-OH is 1. The van der Waals surface area contributed by atoms with E-state index in [2.05, 4.69) is 20.8 Å². The van der Waals surface area contributed by atoms with Gasteiger partial charge < -0.3 is 5.11 Å². The van der Waals surface area contributed by atoms with Crippen molar-refractivity contribution in [3.05, 3.63) is 0 Å². The summed E-state index contributed by atoms with van der Waals surface area (Å²) in [5.74, 6) is 0.557. The van der Waals surface area contributed by atoms with Crippen molar-refractivity contribution in [2.45, 2.75) is 71.8 Å². The summed E-state index contributed by atoms with van der Waals surface area (Å²) >= 11 is 0. The van der Waals surface area contributed by atoms with Gasteiger partial charge in [-0.05, 0) is 25.2 Å². The van der Waals surface area contributed by atoms with Crippen LogP contribution in [0.2, 0.25) is 0 Å². The molecule has 0 saturated carbocycles. The molecule has 0 amide bonds.